The van der Waals surface area contributed by atoms with Gasteiger partial charge in [0, 0.05) is 11.8 Å². The summed E-state index contributed by atoms with van der Waals surface area (Å²) in [6.45, 7) is 3.94. The van der Waals surface area contributed by atoms with Crippen LogP contribution in [0.2, 0.25) is 0 Å². The molecular weight excluding hydrogens is 307 g/mol. The number of nitrogens with one attached hydrogen (secondary N) is 1. The van der Waals surface area contributed by atoms with Gasteiger partial charge in [-0.1, -0.05) is 35.0 Å². The highest BCUT2D eigenvalue weighted by Gasteiger charge is 2.13. The first kappa shape index (κ1) is 15.9. The van der Waals surface area contributed by atoms with Gasteiger partial charge in [0.2, 0.25) is 5.91 Å². The lowest BCUT2D eigenvalue weighted by atomic mass is 10.1. The number of amides is 1. The largest absolute Gasteiger partial charge is 0.356 e. The minimum atomic E-state index is -0.389. The molecule has 5 heteroatoms. The van der Waals surface area contributed by atoms with E-state index in [-0.39, 0.29) is 18.1 Å². The fourth-order valence-electron chi connectivity index (χ4n) is 2.50. The van der Waals surface area contributed by atoms with E-state index in [1.807, 2.05) is 32.0 Å². The maximum atomic E-state index is 13.7. The van der Waals surface area contributed by atoms with E-state index in [1.54, 1.807) is 24.3 Å². The first-order valence-corrected chi connectivity index (χ1v) is 7.60. The molecule has 1 heterocycles. The summed E-state index contributed by atoms with van der Waals surface area (Å²) >= 11 is 0. The summed E-state index contributed by atoms with van der Waals surface area (Å²) in [4.78, 5) is 12.2. The van der Waals surface area contributed by atoms with Gasteiger partial charge in [0.25, 0.3) is 0 Å². The number of rotatable bonds is 4. The predicted molar refractivity (Wildman–Crippen MR) is 90.1 cm³/mol. The SMILES string of the molecule is Cc1ccc(NC(=O)Cc2cc(-c3ccccc3F)on2)c(C)c1. The second kappa shape index (κ2) is 6.66. The minimum absolute atomic E-state index is 0.0608. The Morgan fingerprint density at radius 3 is 2.71 bits per heavy atom. The smallest absolute Gasteiger partial charge is 0.230 e. The number of carbonyl (C=O) groups excluding carboxylic acids is 1. The lowest BCUT2D eigenvalue weighted by Gasteiger charge is -2.08. The molecule has 1 amide bonds. The van der Waals surface area contributed by atoms with Crippen molar-refractivity contribution in [2.24, 2.45) is 0 Å². The molecule has 0 saturated carbocycles. The van der Waals surface area contributed by atoms with Crippen LogP contribution in [0.4, 0.5) is 10.1 Å². The summed E-state index contributed by atoms with van der Waals surface area (Å²) in [5.41, 5.74) is 3.68. The van der Waals surface area contributed by atoms with Crippen molar-refractivity contribution in [1.82, 2.24) is 5.16 Å². The number of aryl methyl sites for hydroxylation is 2. The van der Waals surface area contributed by atoms with Crippen LogP contribution in [-0.4, -0.2) is 11.1 Å². The second-order valence-electron chi connectivity index (χ2n) is 5.71. The second-order valence-corrected chi connectivity index (χ2v) is 5.71. The Labute approximate surface area is 139 Å². The molecule has 0 unspecified atom stereocenters. The van der Waals surface area contributed by atoms with E-state index in [1.165, 1.54) is 6.07 Å². The van der Waals surface area contributed by atoms with Crippen molar-refractivity contribution in [3.05, 3.63) is 71.2 Å². The molecule has 0 spiro atoms. The van der Waals surface area contributed by atoms with Gasteiger partial charge < -0.3 is 9.84 Å². The Hall–Kier alpha value is -2.95. The first-order chi connectivity index (χ1) is 11.5. The molecule has 2 aromatic carbocycles. The highest BCUT2D eigenvalue weighted by molar-refractivity contribution is 5.92. The highest BCUT2D eigenvalue weighted by Crippen LogP contribution is 2.23. The molecule has 0 aliphatic carbocycles. The molecule has 0 radical (unpaired) electrons. The summed E-state index contributed by atoms with van der Waals surface area (Å²) in [7, 11) is 0. The van der Waals surface area contributed by atoms with Crippen molar-refractivity contribution in [1.29, 1.82) is 0 Å². The van der Waals surface area contributed by atoms with Crippen LogP contribution in [0.3, 0.4) is 0 Å². The van der Waals surface area contributed by atoms with Gasteiger partial charge in [0.1, 0.15) is 5.82 Å². The van der Waals surface area contributed by atoms with Crippen LogP contribution in [0.25, 0.3) is 11.3 Å². The Morgan fingerprint density at radius 2 is 1.96 bits per heavy atom. The molecule has 0 saturated heterocycles. The zero-order chi connectivity index (χ0) is 17.1. The van der Waals surface area contributed by atoms with E-state index < -0.39 is 0 Å². The molecule has 1 aromatic heterocycles. The number of nitrogens with zero attached hydrogens (tertiary/aromatic N) is 1. The molecule has 3 rings (SSSR count). The molecule has 1 N–H and O–H groups in total. The van der Waals surface area contributed by atoms with Crippen molar-refractivity contribution in [2.75, 3.05) is 5.32 Å². The van der Waals surface area contributed by atoms with Crippen LogP contribution < -0.4 is 5.32 Å². The Morgan fingerprint density at radius 1 is 1.17 bits per heavy atom. The monoisotopic (exact) mass is 324 g/mol. The molecule has 0 aliphatic heterocycles. The molecular formula is C19H17FN2O2. The number of carbonyl (C=O) groups is 1. The highest BCUT2D eigenvalue weighted by atomic mass is 19.1. The number of benzene rings is 2. The van der Waals surface area contributed by atoms with Gasteiger partial charge in [-0.2, -0.15) is 0 Å². The van der Waals surface area contributed by atoms with Crippen molar-refractivity contribution < 1.29 is 13.7 Å². The van der Waals surface area contributed by atoms with Crippen LogP contribution in [-0.2, 0) is 11.2 Å². The van der Waals surface area contributed by atoms with Crippen LogP contribution >= 0.6 is 0 Å². The average Bonchev–Trinajstić information content (AvgIpc) is 2.99. The van der Waals surface area contributed by atoms with Gasteiger partial charge in [0.05, 0.1) is 17.7 Å². The van der Waals surface area contributed by atoms with Crippen molar-refractivity contribution >= 4 is 11.6 Å². The zero-order valence-electron chi connectivity index (χ0n) is 13.5. The van der Waals surface area contributed by atoms with Crippen LogP contribution in [0, 0.1) is 19.7 Å². The molecule has 24 heavy (non-hydrogen) atoms. The topological polar surface area (TPSA) is 55.1 Å². The fraction of sp³-hybridized carbons (Fsp3) is 0.158. The van der Waals surface area contributed by atoms with E-state index in [4.69, 9.17) is 4.52 Å². The maximum Gasteiger partial charge on any atom is 0.230 e. The van der Waals surface area contributed by atoms with E-state index in [9.17, 15) is 9.18 Å². The Balaban J connectivity index is 1.70. The number of hydrogen-bond acceptors (Lipinski definition) is 3. The van der Waals surface area contributed by atoms with E-state index in [2.05, 4.69) is 10.5 Å². The summed E-state index contributed by atoms with van der Waals surface area (Å²) in [6, 6.07) is 13.7. The molecule has 122 valence electrons. The summed E-state index contributed by atoms with van der Waals surface area (Å²) in [6.07, 6.45) is 0.0608. The van der Waals surface area contributed by atoms with Gasteiger partial charge in [-0.15, -0.1) is 0 Å². The number of anilines is 1. The lowest BCUT2D eigenvalue weighted by molar-refractivity contribution is -0.115. The molecule has 4 nitrogen and oxygen atoms in total. The van der Waals surface area contributed by atoms with Crippen LogP contribution in [0.5, 0.6) is 0 Å². The Bertz CT molecular complexity index is 887. The number of hydrogen-bond donors (Lipinski definition) is 1. The van der Waals surface area contributed by atoms with Crippen LogP contribution in [0.15, 0.2) is 53.1 Å². The van der Waals surface area contributed by atoms with Gasteiger partial charge in [0.15, 0.2) is 5.76 Å². The van der Waals surface area contributed by atoms with Crippen molar-refractivity contribution in [2.45, 2.75) is 20.3 Å². The molecule has 0 aliphatic rings. The maximum absolute atomic E-state index is 13.7. The summed E-state index contributed by atoms with van der Waals surface area (Å²) in [5, 5.41) is 6.70. The van der Waals surface area contributed by atoms with Crippen molar-refractivity contribution in [3.63, 3.8) is 0 Å². The minimum Gasteiger partial charge on any atom is -0.356 e. The summed E-state index contributed by atoms with van der Waals surface area (Å²) < 4.78 is 18.9. The van der Waals surface area contributed by atoms with Gasteiger partial charge in [-0.25, -0.2) is 4.39 Å². The molecule has 0 bridgehead atoms. The molecule has 3 aromatic rings. The number of aromatic nitrogens is 1. The van der Waals surface area contributed by atoms with Gasteiger partial charge >= 0.3 is 0 Å². The summed E-state index contributed by atoms with van der Waals surface area (Å²) in [5.74, 6) is -0.280. The fourth-order valence-corrected chi connectivity index (χ4v) is 2.50. The lowest BCUT2D eigenvalue weighted by Crippen LogP contribution is -2.15. The zero-order valence-corrected chi connectivity index (χ0v) is 13.5. The predicted octanol–water partition coefficient (Wildman–Crippen LogP) is 4.28. The van der Waals surface area contributed by atoms with Gasteiger partial charge in [-0.3, -0.25) is 4.79 Å². The standard InChI is InChI=1S/C19H17FN2O2/c1-12-7-8-17(13(2)9-12)21-19(23)11-14-10-18(24-22-14)15-5-3-4-6-16(15)20/h3-10H,11H2,1-2H3,(H,21,23). The van der Waals surface area contributed by atoms with Crippen molar-refractivity contribution in [3.8, 4) is 11.3 Å². The molecule has 0 atom stereocenters. The first-order valence-electron chi connectivity index (χ1n) is 7.60. The third-order valence-electron chi connectivity index (χ3n) is 3.70. The third kappa shape index (κ3) is 3.51. The Kier molecular flexibility index (Phi) is 4.42. The quantitative estimate of drug-likeness (QED) is 0.779. The van der Waals surface area contributed by atoms with Crippen LogP contribution in [0.1, 0.15) is 16.8 Å². The number of halogens is 1. The van der Waals surface area contributed by atoms with E-state index in [0.29, 0.717) is 17.0 Å². The van der Waals surface area contributed by atoms with E-state index in [0.717, 1.165) is 16.8 Å². The normalized spacial score (nSPS) is 10.6. The average molecular weight is 324 g/mol. The third-order valence-corrected chi connectivity index (χ3v) is 3.70. The van der Waals surface area contributed by atoms with Gasteiger partial charge in [-0.05, 0) is 37.6 Å². The molecule has 0 fully saturated rings. The van der Waals surface area contributed by atoms with E-state index >= 15 is 0 Å².